The van der Waals surface area contributed by atoms with Crippen LogP contribution in [0.4, 0.5) is 0 Å². The molecule has 0 fully saturated rings. The van der Waals surface area contributed by atoms with Crippen molar-refractivity contribution in [1.82, 2.24) is 15.0 Å². The van der Waals surface area contributed by atoms with Crippen LogP contribution in [0.15, 0.2) is 165 Å². The molecule has 0 radical (unpaired) electrons. The molecule has 0 aliphatic rings. The van der Waals surface area contributed by atoms with Gasteiger partial charge in [-0.2, -0.15) is 0 Å². The van der Waals surface area contributed by atoms with Gasteiger partial charge in [-0.1, -0.05) is 72.8 Å². The van der Waals surface area contributed by atoms with Crippen molar-refractivity contribution in [2.24, 2.45) is 0 Å². The Morgan fingerprint density at radius 1 is 0.190 bits per heavy atom. The summed E-state index contributed by atoms with van der Waals surface area (Å²) >= 11 is 0. The van der Waals surface area contributed by atoms with Crippen molar-refractivity contribution in [2.75, 3.05) is 0 Å². The minimum atomic E-state index is 1.16. The van der Waals surface area contributed by atoms with Gasteiger partial charge in [0.15, 0.2) is 0 Å². The molecule has 4 aromatic carbocycles. The van der Waals surface area contributed by atoms with Gasteiger partial charge in [-0.3, -0.25) is 15.0 Å². The summed E-state index contributed by atoms with van der Waals surface area (Å²) in [5, 5.41) is 0. The number of aromatic nitrogens is 3. The molecule has 3 heteroatoms. The molecular formula is C39H27N3. The zero-order valence-electron chi connectivity index (χ0n) is 22.9. The molecule has 0 amide bonds. The van der Waals surface area contributed by atoms with Crippen molar-refractivity contribution in [1.29, 1.82) is 0 Å². The first-order valence-corrected chi connectivity index (χ1v) is 14.0. The molecule has 0 spiro atoms. The van der Waals surface area contributed by atoms with Crippen molar-refractivity contribution >= 4 is 0 Å². The monoisotopic (exact) mass is 537 g/mol. The topological polar surface area (TPSA) is 38.7 Å². The molecule has 0 saturated heterocycles. The quantitative estimate of drug-likeness (QED) is 0.212. The Bertz CT molecular complexity index is 1670. The number of benzene rings is 4. The van der Waals surface area contributed by atoms with E-state index in [2.05, 4.69) is 106 Å². The second-order valence-electron chi connectivity index (χ2n) is 10.2. The van der Waals surface area contributed by atoms with Gasteiger partial charge in [-0.15, -0.1) is 0 Å². The average Bonchev–Trinajstić information content (AvgIpc) is 3.09. The highest BCUT2D eigenvalue weighted by Crippen LogP contribution is 2.35. The van der Waals surface area contributed by atoms with Gasteiger partial charge in [-0.25, -0.2) is 0 Å². The smallest absolute Gasteiger partial charge is 0.0273 e. The SMILES string of the molecule is c1cc(-c2ccc(-c3cc(-c4ccc(-c5ccncc5)cc4)cc(-c4ccc(-c5ccncc5)cc4)c3)cc2)ccn1. The number of rotatable bonds is 6. The van der Waals surface area contributed by atoms with Crippen molar-refractivity contribution in [3.8, 4) is 66.8 Å². The van der Waals surface area contributed by atoms with Gasteiger partial charge in [0.1, 0.15) is 0 Å². The molecule has 42 heavy (non-hydrogen) atoms. The van der Waals surface area contributed by atoms with Crippen molar-refractivity contribution in [3.63, 3.8) is 0 Å². The van der Waals surface area contributed by atoms with E-state index in [-0.39, 0.29) is 0 Å². The van der Waals surface area contributed by atoms with Crippen molar-refractivity contribution in [3.05, 3.63) is 165 Å². The lowest BCUT2D eigenvalue weighted by atomic mass is 9.91. The van der Waals surface area contributed by atoms with Crippen molar-refractivity contribution < 1.29 is 0 Å². The highest BCUT2D eigenvalue weighted by atomic mass is 14.6. The lowest BCUT2D eigenvalue weighted by Gasteiger charge is -2.13. The van der Waals surface area contributed by atoms with Crippen LogP contribution in [-0.2, 0) is 0 Å². The average molecular weight is 538 g/mol. The maximum atomic E-state index is 4.15. The molecule has 0 unspecified atom stereocenters. The summed E-state index contributed by atoms with van der Waals surface area (Å²) in [6, 6.07) is 45.5. The maximum absolute atomic E-state index is 4.15. The Balaban J connectivity index is 1.29. The van der Waals surface area contributed by atoms with E-state index >= 15 is 0 Å². The first-order chi connectivity index (χ1) is 20.8. The molecule has 0 saturated carbocycles. The Hall–Kier alpha value is -5.67. The number of hydrogen-bond donors (Lipinski definition) is 0. The molecule has 7 rings (SSSR count). The van der Waals surface area contributed by atoms with Crippen LogP contribution in [0.2, 0.25) is 0 Å². The Morgan fingerprint density at radius 3 is 0.571 bits per heavy atom. The summed E-state index contributed by atoms with van der Waals surface area (Å²) in [7, 11) is 0. The standard InChI is InChI=1S/C39H27N3/c1-7-31(8-2-28(1)34-13-19-40-20-14-34)37-25-38(32-9-3-29(4-10-32)35-15-21-41-22-16-35)27-39(26-37)33-11-5-30(6-12-33)36-17-23-42-24-18-36/h1-27H. The largest absolute Gasteiger partial charge is 0.265 e. The second-order valence-corrected chi connectivity index (χ2v) is 10.2. The summed E-state index contributed by atoms with van der Waals surface area (Å²) in [5.41, 5.74) is 14.1. The van der Waals surface area contributed by atoms with Crippen LogP contribution in [-0.4, -0.2) is 15.0 Å². The molecular weight excluding hydrogens is 510 g/mol. The summed E-state index contributed by atoms with van der Waals surface area (Å²) < 4.78 is 0. The highest BCUT2D eigenvalue weighted by molar-refractivity contribution is 5.83. The molecule has 0 N–H and O–H groups in total. The Kier molecular flexibility index (Phi) is 6.89. The third-order valence-electron chi connectivity index (χ3n) is 7.63. The lowest BCUT2D eigenvalue weighted by molar-refractivity contribution is 1.33. The van der Waals surface area contributed by atoms with Gasteiger partial charge in [0.2, 0.25) is 0 Å². The van der Waals surface area contributed by atoms with Crippen LogP contribution in [0.25, 0.3) is 66.8 Å². The zero-order chi connectivity index (χ0) is 28.1. The molecule has 0 aliphatic carbocycles. The Labute approximate surface area is 245 Å². The van der Waals surface area contributed by atoms with Gasteiger partial charge in [0.05, 0.1) is 0 Å². The van der Waals surface area contributed by atoms with Crippen LogP contribution in [0.5, 0.6) is 0 Å². The fourth-order valence-electron chi connectivity index (χ4n) is 5.33. The summed E-state index contributed by atoms with van der Waals surface area (Å²) in [6.45, 7) is 0. The maximum Gasteiger partial charge on any atom is 0.0273 e. The summed E-state index contributed by atoms with van der Waals surface area (Å²) in [6.07, 6.45) is 11.0. The van der Waals surface area contributed by atoms with Crippen LogP contribution in [0, 0.1) is 0 Å². The van der Waals surface area contributed by atoms with Crippen molar-refractivity contribution in [2.45, 2.75) is 0 Å². The molecule has 0 atom stereocenters. The van der Waals surface area contributed by atoms with E-state index in [1.165, 1.54) is 50.1 Å². The van der Waals surface area contributed by atoms with E-state index in [4.69, 9.17) is 0 Å². The predicted molar refractivity (Wildman–Crippen MR) is 172 cm³/mol. The number of nitrogens with zero attached hydrogens (tertiary/aromatic N) is 3. The first kappa shape index (κ1) is 25.3. The fourth-order valence-corrected chi connectivity index (χ4v) is 5.33. The normalized spacial score (nSPS) is 10.9. The van der Waals surface area contributed by atoms with E-state index in [1.807, 2.05) is 73.6 Å². The van der Waals surface area contributed by atoms with Crippen LogP contribution < -0.4 is 0 Å². The Morgan fingerprint density at radius 2 is 0.357 bits per heavy atom. The first-order valence-electron chi connectivity index (χ1n) is 14.0. The molecule has 3 aromatic heterocycles. The minimum absolute atomic E-state index is 1.16. The second kappa shape index (κ2) is 11.4. The molecule has 0 aliphatic heterocycles. The lowest BCUT2D eigenvalue weighted by Crippen LogP contribution is -1.88. The highest BCUT2D eigenvalue weighted by Gasteiger charge is 2.09. The van der Waals surface area contributed by atoms with Gasteiger partial charge in [0, 0.05) is 37.2 Å². The molecule has 3 nitrogen and oxygen atoms in total. The molecule has 3 heterocycles. The van der Waals surface area contributed by atoms with E-state index < -0.39 is 0 Å². The van der Waals surface area contributed by atoms with Gasteiger partial charge >= 0.3 is 0 Å². The predicted octanol–water partition coefficient (Wildman–Crippen LogP) is 9.87. The minimum Gasteiger partial charge on any atom is -0.265 e. The number of hydrogen-bond acceptors (Lipinski definition) is 3. The molecule has 0 bridgehead atoms. The van der Waals surface area contributed by atoms with Gasteiger partial charge in [-0.05, 0) is 121 Å². The van der Waals surface area contributed by atoms with E-state index in [0.29, 0.717) is 0 Å². The molecule has 198 valence electrons. The zero-order valence-corrected chi connectivity index (χ0v) is 22.9. The van der Waals surface area contributed by atoms with Crippen LogP contribution in [0.1, 0.15) is 0 Å². The van der Waals surface area contributed by atoms with Crippen LogP contribution >= 0.6 is 0 Å². The van der Waals surface area contributed by atoms with E-state index in [0.717, 1.165) is 16.7 Å². The van der Waals surface area contributed by atoms with Gasteiger partial charge in [0.25, 0.3) is 0 Å². The fraction of sp³-hybridized carbons (Fsp3) is 0. The third kappa shape index (κ3) is 5.36. The third-order valence-corrected chi connectivity index (χ3v) is 7.63. The van der Waals surface area contributed by atoms with E-state index in [1.54, 1.807) is 0 Å². The van der Waals surface area contributed by atoms with Crippen LogP contribution in [0.3, 0.4) is 0 Å². The van der Waals surface area contributed by atoms with E-state index in [9.17, 15) is 0 Å². The molecule has 7 aromatic rings. The summed E-state index contributed by atoms with van der Waals surface area (Å²) in [5.74, 6) is 0. The summed E-state index contributed by atoms with van der Waals surface area (Å²) in [4.78, 5) is 12.5. The van der Waals surface area contributed by atoms with Gasteiger partial charge < -0.3 is 0 Å². The number of pyridine rings is 3.